The first-order chi connectivity index (χ1) is 2.73. The van der Waals surface area contributed by atoms with Crippen LogP contribution < -0.4 is 0 Å². The summed E-state index contributed by atoms with van der Waals surface area (Å²) in [6, 6.07) is 0. The van der Waals surface area contributed by atoms with Gasteiger partial charge in [-0.3, -0.25) is 0 Å². The Hall–Kier alpha value is -0.260. The van der Waals surface area contributed by atoms with Gasteiger partial charge in [-0.25, -0.2) is 0 Å². The highest BCUT2D eigenvalue weighted by molar-refractivity contribution is 5.39. The van der Waals surface area contributed by atoms with Crippen LogP contribution >= 0.6 is 0 Å². The van der Waals surface area contributed by atoms with E-state index in [0.29, 0.717) is 0 Å². The molecule has 0 saturated heterocycles. The topological polar surface area (TPSA) is 0 Å². The first-order valence-electron chi connectivity index (χ1n) is 2.26. The summed E-state index contributed by atoms with van der Waals surface area (Å²) in [5.41, 5.74) is 2.82. The average molecular weight is 81.1 g/mol. The van der Waals surface area contributed by atoms with Crippen LogP contribution in [0.15, 0.2) is 11.1 Å². The lowest BCUT2D eigenvalue weighted by atomic mass is 10.3. The molecule has 0 aromatic heterocycles. The van der Waals surface area contributed by atoms with Gasteiger partial charge in [-0.15, -0.1) is 0 Å². The van der Waals surface area contributed by atoms with E-state index in [-0.39, 0.29) is 0 Å². The van der Waals surface area contributed by atoms with Crippen molar-refractivity contribution in [3.05, 3.63) is 18.1 Å². The molecule has 0 spiro atoms. The second-order valence-electron chi connectivity index (χ2n) is 1.93. The summed E-state index contributed by atoms with van der Waals surface area (Å²) >= 11 is 0. The predicted molar refractivity (Wildman–Crippen MR) is 27.2 cm³/mol. The molecule has 1 radical (unpaired) electrons. The fraction of sp³-hybridized carbons (Fsp3) is 0.500. The molecule has 33 valence electrons. The van der Waals surface area contributed by atoms with E-state index in [1.165, 1.54) is 11.1 Å². The third kappa shape index (κ3) is 0.296. The van der Waals surface area contributed by atoms with E-state index in [4.69, 9.17) is 0 Å². The molecule has 1 aliphatic rings. The van der Waals surface area contributed by atoms with E-state index in [9.17, 15) is 0 Å². The fourth-order valence-electron chi connectivity index (χ4n) is 0.555. The summed E-state index contributed by atoms with van der Waals surface area (Å²) in [5, 5.41) is 0. The maximum absolute atomic E-state index is 3.79. The molecule has 6 heavy (non-hydrogen) atoms. The first kappa shape index (κ1) is 3.91. The number of hydrogen-bond acceptors (Lipinski definition) is 0. The minimum absolute atomic E-state index is 0.741. The average Bonchev–Trinajstić information content (AvgIpc) is 1.94. The van der Waals surface area contributed by atoms with Crippen LogP contribution in [0.3, 0.4) is 0 Å². The second-order valence-corrected chi connectivity index (χ2v) is 1.93. The van der Waals surface area contributed by atoms with Crippen molar-refractivity contribution in [3.8, 4) is 0 Å². The van der Waals surface area contributed by atoms with Crippen molar-refractivity contribution < 1.29 is 0 Å². The van der Waals surface area contributed by atoms with E-state index in [1.807, 2.05) is 0 Å². The summed E-state index contributed by atoms with van der Waals surface area (Å²) in [6.07, 6.45) is 0. The van der Waals surface area contributed by atoms with Gasteiger partial charge < -0.3 is 0 Å². The summed E-state index contributed by atoms with van der Waals surface area (Å²) in [6.45, 7) is 8.10. The van der Waals surface area contributed by atoms with E-state index >= 15 is 0 Å². The Bertz CT molecular complexity index is 86.6. The maximum Gasteiger partial charge on any atom is -0.00184 e. The molecule has 0 heteroatoms. The zero-order chi connectivity index (χ0) is 4.73. The summed E-state index contributed by atoms with van der Waals surface area (Å²) < 4.78 is 0. The normalized spacial score (nSPS) is 22.5. The number of rotatable bonds is 0. The first-order valence-corrected chi connectivity index (χ1v) is 2.26. The van der Waals surface area contributed by atoms with Gasteiger partial charge in [0.25, 0.3) is 0 Å². The van der Waals surface area contributed by atoms with E-state index in [2.05, 4.69) is 20.8 Å². The highest BCUT2D eigenvalue weighted by atomic mass is 14.3. The SMILES string of the molecule is [CH2]C1=C(C)C1C. The van der Waals surface area contributed by atoms with Gasteiger partial charge >= 0.3 is 0 Å². The van der Waals surface area contributed by atoms with Crippen LogP contribution in [0, 0.1) is 12.8 Å². The van der Waals surface area contributed by atoms with Crippen molar-refractivity contribution >= 4 is 0 Å². The monoisotopic (exact) mass is 81.1 g/mol. The second kappa shape index (κ2) is 0.868. The molecule has 0 nitrogen and oxygen atoms in total. The van der Waals surface area contributed by atoms with Crippen LogP contribution in [-0.2, 0) is 0 Å². The zero-order valence-electron chi connectivity index (χ0n) is 4.28. The lowest BCUT2D eigenvalue weighted by Gasteiger charge is -1.73. The van der Waals surface area contributed by atoms with Gasteiger partial charge in [-0.05, 0) is 19.8 Å². The van der Waals surface area contributed by atoms with Crippen LogP contribution in [0.25, 0.3) is 0 Å². The number of allylic oxidation sites excluding steroid dienone is 2. The molecule has 0 heterocycles. The Morgan fingerprint density at radius 1 is 1.67 bits per heavy atom. The lowest BCUT2D eigenvalue weighted by molar-refractivity contribution is 1.01. The summed E-state index contributed by atoms with van der Waals surface area (Å²) in [5.74, 6) is 0.741. The Labute approximate surface area is 38.9 Å². The lowest BCUT2D eigenvalue weighted by Crippen LogP contribution is -1.62. The molecule has 0 aromatic carbocycles. The summed E-state index contributed by atoms with van der Waals surface area (Å²) in [7, 11) is 0. The van der Waals surface area contributed by atoms with Gasteiger partial charge in [0.15, 0.2) is 0 Å². The highest BCUT2D eigenvalue weighted by Crippen LogP contribution is 2.36. The smallest absolute Gasteiger partial charge is 0.00184 e. The predicted octanol–water partition coefficient (Wildman–Crippen LogP) is 1.79. The molecule has 0 amide bonds. The van der Waals surface area contributed by atoms with Gasteiger partial charge in [0.1, 0.15) is 0 Å². The van der Waals surface area contributed by atoms with Crippen molar-refractivity contribution in [1.29, 1.82) is 0 Å². The van der Waals surface area contributed by atoms with E-state index in [1.54, 1.807) is 0 Å². The molecular weight excluding hydrogens is 72.1 g/mol. The van der Waals surface area contributed by atoms with Gasteiger partial charge in [0.05, 0.1) is 0 Å². The van der Waals surface area contributed by atoms with Crippen LogP contribution in [0.2, 0.25) is 0 Å². The maximum atomic E-state index is 3.79. The van der Waals surface area contributed by atoms with Gasteiger partial charge in [0, 0.05) is 0 Å². The van der Waals surface area contributed by atoms with Crippen LogP contribution in [-0.4, -0.2) is 0 Å². The standard InChI is InChI=1S/C6H9/c1-4-5(2)6(4)3/h5H,1H2,2-3H3. The van der Waals surface area contributed by atoms with Crippen molar-refractivity contribution in [2.24, 2.45) is 5.92 Å². The Morgan fingerprint density at radius 3 is 1.83 bits per heavy atom. The quantitative estimate of drug-likeness (QED) is 0.417. The molecule has 0 saturated carbocycles. The van der Waals surface area contributed by atoms with Crippen LogP contribution in [0.1, 0.15) is 13.8 Å². The Morgan fingerprint density at radius 2 is 1.83 bits per heavy atom. The van der Waals surface area contributed by atoms with E-state index in [0.717, 1.165) is 5.92 Å². The van der Waals surface area contributed by atoms with Crippen molar-refractivity contribution in [3.63, 3.8) is 0 Å². The minimum atomic E-state index is 0.741. The van der Waals surface area contributed by atoms with Gasteiger partial charge in [-0.2, -0.15) is 0 Å². The molecule has 0 aliphatic heterocycles. The third-order valence-electron chi connectivity index (χ3n) is 1.60. The van der Waals surface area contributed by atoms with Gasteiger partial charge in [0.2, 0.25) is 0 Å². The molecule has 0 N–H and O–H groups in total. The zero-order valence-corrected chi connectivity index (χ0v) is 4.28. The van der Waals surface area contributed by atoms with Crippen LogP contribution in [0.4, 0.5) is 0 Å². The van der Waals surface area contributed by atoms with Gasteiger partial charge in [-0.1, -0.05) is 18.1 Å². The molecule has 0 fully saturated rings. The number of hydrogen-bond donors (Lipinski definition) is 0. The van der Waals surface area contributed by atoms with Crippen LogP contribution in [0.5, 0.6) is 0 Å². The molecule has 0 aromatic rings. The molecular formula is C6H9. The molecule has 1 aliphatic carbocycles. The molecule has 1 rings (SSSR count). The van der Waals surface area contributed by atoms with Crippen molar-refractivity contribution in [1.82, 2.24) is 0 Å². The van der Waals surface area contributed by atoms with Crippen molar-refractivity contribution in [2.75, 3.05) is 0 Å². The molecule has 1 unspecified atom stereocenters. The van der Waals surface area contributed by atoms with Crippen molar-refractivity contribution in [2.45, 2.75) is 13.8 Å². The third-order valence-corrected chi connectivity index (χ3v) is 1.60. The summed E-state index contributed by atoms with van der Waals surface area (Å²) in [4.78, 5) is 0. The highest BCUT2D eigenvalue weighted by Gasteiger charge is 2.22. The Balaban J connectivity index is 2.54. The largest absolute Gasteiger partial charge is 0.0666 e. The Kier molecular flexibility index (Phi) is 0.566. The fourth-order valence-corrected chi connectivity index (χ4v) is 0.555. The minimum Gasteiger partial charge on any atom is -0.0666 e. The molecule has 1 atom stereocenters. The molecule has 0 bridgehead atoms. The van der Waals surface area contributed by atoms with E-state index < -0.39 is 0 Å².